The maximum atomic E-state index is 13.6. The highest BCUT2D eigenvalue weighted by molar-refractivity contribution is 7.92. The summed E-state index contributed by atoms with van der Waals surface area (Å²) < 4.78 is 31.5. The van der Waals surface area contributed by atoms with Crippen molar-refractivity contribution in [3.8, 4) is 5.75 Å². The third kappa shape index (κ3) is 8.28. The van der Waals surface area contributed by atoms with E-state index in [1.165, 1.54) is 4.90 Å². The topological polar surface area (TPSA) is 96.0 Å². The van der Waals surface area contributed by atoms with Crippen molar-refractivity contribution in [2.75, 3.05) is 30.8 Å². The molecule has 2 aromatic rings. The van der Waals surface area contributed by atoms with Crippen LogP contribution < -0.4 is 14.4 Å². The average Bonchev–Trinajstić information content (AvgIpc) is 2.81. The molecule has 0 aliphatic heterocycles. The lowest BCUT2D eigenvalue weighted by Crippen LogP contribution is -2.52. The van der Waals surface area contributed by atoms with Crippen LogP contribution in [0.25, 0.3) is 0 Å². The zero-order valence-electron chi connectivity index (χ0n) is 21.4. The minimum absolute atomic E-state index is 0.155. The van der Waals surface area contributed by atoms with Gasteiger partial charge in [-0.1, -0.05) is 50.6 Å². The second-order valence-electron chi connectivity index (χ2n) is 9.04. The molecule has 8 nitrogen and oxygen atoms in total. The molecule has 0 saturated heterocycles. The maximum absolute atomic E-state index is 13.6. The van der Waals surface area contributed by atoms with E-state index in [0.29, 0.717) is 24.4 Å². The molecule has 0 aliphatic rings. The fourth-order valence-corrected chi connectivity index (χ4v) is 4.44. The van der Waals surface area contributed by atoms with E-state index >= 15 is 0 Å². The van der Waals surface area contributed by atoms with Gasteiger partial charge in [-0.15, -0.1) is 0 Å². The first-order valence-electron chi connectivity index (χ1n) is 11.7. The third-order valence-corrected chi connectivity index (χ3v) is 6.72. The second kappa shape index (κ2) is 12.6. The van der Waals surface area contributed by atoms with Crippen molar-refractivity contribution in [3.05, 3.63) is 59.7 Å². The molecular formula is C26H37N3O5S. The van der Waals surface area contributed by atoms with E-state index in [4.69, 9.17) is 4.74 Å². The lowest BCUT2D eigenvalue weighted by molar-refractivity contribution is -0.140. The van der Waals surface area contributed by atoms with Crippen LogP contribution in [-0.4, -0.2) is 57.6 Å². The van der Waals surface area contributed by atoms with Gasteiger partial charge >= 0.3 is 0 Å². The fourth-order valence-electron chi connectivity index (χ4n) is 3.59. The van der Waals surface area contributed by atoms with E-state index in [1.807, 2.05) is 39.8 Å². The predicted molar refractivity (Wildman–Crippen MR) is 139 cm³/mol. The standard InChI is InChI=1S/C26H37N3O5S/c1-7-24(26(31)27-16-19(2)3)28(17-21-10-14-23(34-5)15-11-21)25(30)18-29(35(6,32)33)22-12-8-20(4)9-13-22/h8-15,19,24H,7,16-18H2,1-6H3,(H,27,31)/t24-/m1/s1. The molecule has 0 saturated carbocycles. The van der Waals surface area contributed by atoms with Crippen molar-refractivity contribution in [2.24, 2.45) is 5.92 Å². The normalized spacial score (nSPS) is 12.2. The van der Waals surface area contributed by atoms with Crippen LogP contribution in [0.4, 0.5) is 5.69 Å². The van der Waals surface area contributed by atoms with Gasteiger partial charge in [-0.25, -0.2) is 8.42 Å². The van der Waals surface area contributed by atoms with E-state index in [1.54, 1.807) is 43.5 Å². The summed E-state index contributed by atoms with van der Waals surface area (Å²) in [6.45, 7) is 7.95. The Balaban J connectivity index is 2.40. The van der Waals surface area contributed by atoms with Crippen LogP contribution in [-0.2, 0) is 26.2 Å². The Kier molecular flexibility index (Phi) is 10.1. The molecule has 0 bridgehead atoms. The summed E-state index contributed by atoms with van der Waals surface area (Å²) in [5.41, 5.74) is 2.17. The molecule has 192 valence electrons. The number of carbonyl (C=O) groups is 2. The molecule has 1 atom stereocenters. The molecule has 35 heavy (non-hydrogen) atoms. The molecule has 0 aliphatic carbocycles. The third-order valence-electron chi connectivity index (χ3n) is 5.58. The number of rotatable bonds is 12. The number of ether oxygens (including phenoxy) is 1. The van der Waals surface area contributed by atoms with Gasteiger partial charge in [0.1, 0.15) is 18.3 Å². The number of benzene rings is 2. The van der Waals surface area contributed by atoms with Crippen molar-refractivity contribution in [1.82, 2.24) is 10.2 Å². The molecule has 2 rings (SSSR count). The average molecular weight is 504 g/mol. The van der Waals surface area contributed by atoms with Crippen molar-refractivity contribution in [3.63, 3.8) is 0 Å². The smallest absolute Gasteiger partial charge is 0.244 e. The Hall–Kier alpha value is -3.07. The van der Waals surface area contributed by atoms with Crippen LogP contribution in [0, 0.1) is 12.8 Å². The number of amides is 2. The van der Waals surface area contributed by atoms with Gasteiger partial charge in [0.2, 0.25) is 21.8 Å². The van der Waals surface area contributed by atoms with Gasteiger partial charge < -0.3 is 15.0 Å². The summed E-state index contributed by atoms with van der Waals surface area (Å²) in [5.74, 6) is 0.211. The molecule has 0 unspecified atom stereocenters. The van der Waals surface area contributed by atoms with Crippen molar-refractivity contribution >= 4 is 27.5 Å². The van der Waals surface area contributed by atoms with E-state index in [0.717, 1.165) is 21.7 Å². The van der Waals surface area contributed by atoms with Crippen LogP contribution in [0.1, 0.15) is 38.3 Å². The number of methoxy groups -OCH3 is 1. The summed E-state index contributed by atoms with van der Waals surface area (Å²) in [7, 11) is -2.18. The molecule has 0 spiro atoms. The number of carbonyl (C=O) groups excluding carboxylic acids is 2. The molecule has 9 heteroatoms. The first-order valence-corrected chi connectivity index (χ1v) is 13.6. The maximum Gasteiger partial charge on any atom is 0.244 e. The zero-order valence-corrected chi connectivity index (χ0v) is 22.3. The molecule has 0 aromatic heterocycles. The summed E-state index contributed by atoms with van der Waals surface area (Å²) in [5, 5.41) is 2.91. The van der Waals surface area contributed by atoms with E-state index in [9.17, 15) is 18.0 Å². The molecule has 2 amide bonds. The summed E-state index contributed by atoms with van der Waals surface area (Å²) in [6, 6.07) is 13.4. The number of anilines is 1. The number of aryl methyl sites for hydroxylation is 1. The van der Waals surface area contributed by atoms with Crippen molar-refractivity contribution in [2.45, 2.75) is 46.7 Å². The van der Waals surface area contributed by atoms with Crippen LogP contribution in [0.2, 0.25) is 0 Å². The SMILES string of the molecule is CC[C@H](C(=O)NCC(C)C)N(Cc1ccc(OC)cc1)C(=O)CN(c1ccc(C)cc1)S(C)(=O)=O. The van der Waals surface area contributed by atoms with Gasteiger partial charge in [0.05, 0.1) is 19.1 Å². The minimum atomic E-state index is -3.75. The second-order valence-corrected chi connectivity index (χ2v) is 10.9. The van der Waals surface area contributed by atoms with Gasteiger partial charge in [0.15, 0.2) is 0 Å². The van der Waals surface area contributed by atoms with Gasteiger partial charge in [0.25, 0.3) is 0 Å². The molecule has 0 fully saturated rings. The number of hydrogen-bond donors (Lipinski definition) is 1. The molecule has 0 radical (unpaired) electrons. The number of hydrogen-bond acceptors (Lipinski definition) is 5. The zero-order chi connectivity index (χ0) is 26.2. The van der Waals surface area contributed by atoms with Crippen LogP contribution in [0.15, 0.2) is 48.5 Å². The largest absolute Gasteiger partial charge is 0.497 e. The minimum Gasteiger partial charge on any atom is -0.497 e. The number of nitrogens with zero attached hydrogens (tertiary/aromatic N) is 2. The highest BCUT2D eigenvalue weighted by Gasteiger charge is 2.31. The first-order chi connectivity index (χ1) is 16.5. The fraction of sp³-hybridized carbons (Fsp3) is 0.462. The Labute approximate surface area is 209 Å². The van der Waals surface area contributed by atoms with Gasteiger partial charge in [-0.05, 0) is 49.1 Å². The van der Waals surface area contributed by atoms with E-state index in [-0.39, 0.29) is 18.4 Å². The van der Waals surface area contributed by atoms with Gasteiger partial charge in [0, 0.05) is 13.1 Å². The molecule has 2 aromatic carbocycles. The molecular weight excluding hydrogens is 466 g/mol. The summed E-state index contributed by atoms with van der Waals surface area (Å²) in [4.78, 5) is 28.1. The molecule has 0 heterocycles. The quantitative estimate of drug-likeness (QED) is 0.479. The number of nitrogens with one attached hydrogen (secondary N) is 1. The Morgan fingerprint density at radius 1 is 1.03 bits per heavy atom. The monoisotopic (exact) mass is 503 g/mol. The first kappa shape index (κ1) is 28.2. The van der Waals surface area contributed by atoms with Crippen LogP contribution in [0.5, 0.6) is 5.75 Å². The predicted octanol–water partition coefficient (Wildman–Crippen LogP) is 3.35. The van der Waals surface area contributed by atoms with Crippen LogP contribution >= 0.6 is 0 Å². The Bertz CT molecular complexity index is 1080. The van der Waals surface area contributed by atoms with E-state index < -0.39 is 28.5 Å². The number of sulfonamides is 1. The highest BCUT2D eigenvalue weighted by atomic mass is 32.2. The van der Waals surface area contributed by atoms with Gasteiger partial charge in [-0.2, -0.15) is 0 Å². The Morgan fingerprint density at radius 2 is 1.63 bits per heavy atom. The lowest BCUT2D eigenvalue weighted by Gasteiger charge is -2.33. The van der Waals surface area contributed by atoms with Crippen molar-refractivity contribution < 1.29 is 22.7 Å². The van der Waals surface area contributed by atoms with Crippen molar-refractivity contribution in [1.29, 1.82) is 0 Å². The van der Waals surface area contributed by atoms with Gasteiger partial charge in [-0.3, -0.25) is 13.9 Å². The Morgan fingerprint density at radius 3 is 2.11 bits per heavy atom. The van der Waals surface area contributed by atoms with E-state index in [2.05, 4.69) is 5.32 Å². The summed E-state index contributed by atoms with van der Waals surface area (Å²) in [6.07, 6.45) is 1.45. The van der Waals surface area contributed by atoms with Crippen LogP contribution in [0.3, 0.4) is 0 Å². The highest BCUT2D eigenvalue weighted by Crippen LogP contribution is 2.21. The summed E-state index contributed by atoms with van der Waals surface area (Å²) >= 11 is 0. The molecule has 1 N–H and O–H groups in total. The lowest BCUT2D eigenvalue weighted by atomic mass is 10.1.